The summed E-state index contributed by atoms with van der Waals surface area (Å²) in [6.07, 6.45) is -0.151. The zero-order valence-corrected chi connectivity index (χ0v) is 13.2. The van der Waals surface area contributed by atoms with Gasteiger partial charge in [-0.3, -0.25) is 14.4 Å². The lowest BCUT2D eigenvalue weighted by Gasteiger charge is -2.07. The molecule has 0 aliphatic carbocycles. The van der Waals surface area contributed by atoms with Gasteiger partial charge in [-0.15, -0.1) is 0 Å². The average Bonchev–Trinajstić information content (AvgIpc) is 2.62. The molecule has 0 heterocycles. The standard InChI is InChI=1S/C18H15N3O4/c19-11-12-2-1-3-14(10-12)18(25)21-15-6-4-13(5-7-15)17(24)20-9-8-16(22)23/h1-7,10H,8-9H2,(H,20,24)(H,21,25)(H,22,23). The van der Waals surface area contributed by atoms with Crippen molar-refractivity contribution >= 4 is 23.5 Å². The predicted octanol–water partition coefficient (Wildman–Crippen LogP) is 2.02. The summed E-state index contributed by atoms with van der Waals surface area (Å²) in [5.74, 6) is -1.74. The molecule has 3 N–H and O–H groups in total. The van der Waals surface area contributed by atoms with Crippen LogP contribution in [0.4, 0.5) is 5.69 Å². The van der Waals surface area contributed by atoms with E-state index in [0.717, 1.165) is 0 Å². The first-order valence-corrected chi connectivity index (χ1v) is 7.41. The van der Waals surface area contributed by atoms with Crippen LogP contribution in [0.3, 0.4) is 0 Å². The summed E-state index contributed by atoms with van der Waals surface area (Å²) in [5, 5.41) is 22.6. The maximum absolute atomic E-state index is 12.2. The molecule has 0 bridgehead atoms. The molecule has 0 unspecified atom stereocenters. The number of rotatable bonds is 6. The lowest BCUT2D eigenvalue weighted by molar-refractivity contribution is -0.136. The van der Waals surface area contributed by atoms with E-state index in [0.29, 0.717) is 22.4 Å². The summed E-state index contributed by atoms with van der Waals surface area (Å²) in [6.45, 7) is 0.0435. The van der Waals surface area contributed by atoms with E-state index >= 15 is 0 Å². The Bertz CT molecular complexity index is 838. The Morgan fingerprint density at radius 3 is 2.36 bits per heavy atom. The van der Waals surface area contributed by atoms with Crippen LogP contribution in [0.1, 0.15) is 32.7 Å². The molecule has 2 amide bonds. The summed E-state index contributed by atoms with van der Waals surface area (Å²) in [7, 11) is 0. The van der Waals surface area contributed by atoms with Gasteiger partial charge in [0, 0.05) is 23.4 Å². The van der Waals surface area contributed by atoms with Crippen molar-refractivity contribution in [1.29, 1.82) is 5.26 Å². The van der Waals surface area contributed by atoms with Gasteiger partial charge in [-0.25, -0.2) is 0 Å². The van der Waals surface area contributed by atoms with Crippen LogP contribution in [0.25, 0.3) is 0 Å². The Labute approximate surface area is 143 Å². The van der Waals surface area contributed by atoms with E-state index in [-0.39, 0.29) is 24.8 Å². The molecule has 126 valence electrons. The minimum absolute atomic E-state index is 0.0435. The van der Waals surface area contributed by atoms with Crippen molar-refractivity contribution in [3.63, 3.8) is 0 Å². The molecule has 7 nitrogen and oxygen atoms in total. The number of carbonyl (C=O) groups excluding carboxylic acids is 2. The first kappa shape index (κ1) is 17.7. The second-order valence-corrected chi connectivity index (χ2v) is 5.12. The van der Waals surface area contributed by atoms with Crippen molar-refractivity contribution in [3.8, 4) is 6.07 Å². The van der Waals surface area contributed by atoms with E-state index in [4.69, 9.17) is 10.4 Å². The van der Waals surface area contributed by atoms with E-state index in [9.17, 15) is 14.4 Å². The number of carboxylic acids is 1. The van der Waals surface area contributed by atoms with Crippen LogP contribution >= 0.6 is 0 Å². The van der Waals surface area contributed by atoms with Gasteiger partial charge in [0.2, 0.25) is 0 Å². The van der Waals surface area contributed by atoms with Gasteiger partial charge >= 0.3 is 5.97 Å². The maximum Gasteiger partial charge on any atom is 0.305 e. The van der Waals surface area contributed by atoms with Gasteiger partial charge in [0.1, 0.15) is 0 Å². The Hall–Kier alpha value is -3.66. The third-order valence-corrected chi connectivity index (χ3v) is 3.28. The first-order valence-electron chi connectivity index (χ1n) is 7.41. The van der Waals surface area contributed by atoms with E-state index < -0.39 is 5.97 Å². The zero-order valence-electron chi connectivity index (χ0n) is 13.2. The molecule has 0 aliphatic rings. The van der Waals surface area contributed by atoms with Gasteiger partial charge in [-0.2, -0.15) is 5.26 Å². The Morgan fingerprint density at radius 2 is 1.72 bits per heavy atom. The van der Waals surface area contributed by atoms with Gasteiger partial charge in [-0.05, 0) is 42.5 Å². The number of carbonyl (C=O) groups is 3. The number of aliphatic carboxylic acids is 1. The van der Waals surface area contributed by atoms with Gasteiger partial charge in [0.25, 0.3) is 11.8 Å². The van der Waals surface area contributed by atoms with Crippen molar-refractivity contribution < 1.29 is 19.5 Å². The van der Waals surface area contributed by atoms with E-state index in [1.165, 1.54) is 18.2 Å². The predicted molar refractivity (Wildman–Crippen MR) is 90.1 cm³/mol. The quantitative estimate of drug-likeness (QED) is 0.745. The van der Waals surface area contributed by atoms with Crippen molar-refractivity contribution in [2.45, 2.75) is 6.42 Å². The highest BCUT2D eigenvalue weighted by molar-refractivity contribution is 6.04. The Balaban J connectivity index is 1.97. The highest BCUT2D eigenvalue weighted by Crippen LogP contribution is 2.12. The second kappa shape index (κ2) is 8.26. The molecule has 0 aliphatic heterocycles. The highest BCUT2D eigenvalue weighted by Gasteiger charge is 2.09. The summed E-state index contributed by atoms with van der Waals surface area (Å²) in [4.78, 5) is 34.4. The fourth-order valence-corrected chi connectivity index (χ4v) is 2.02. The van der Waals surface area contributed by atoms with Crippen LogP contribution in [0.15, 0.2) is 48.5 Å². The number of nitrogens with one attached hydrogen (secondary N) is 2. The first-order chi connectivity index (χ1) is 12.0. The van der Waals surface area contributed by atoms with Crippen LogP contribution in [0.2, 0.25) is 0 Å². The maximum atomic E-state index is 12.2. The monoisotopic (exact) mass is 337 g/mol. The fraction of sp³-hybridized carbons (Fsp3) is 0.111. The van der Waals surface area contributed by atoms with Crippen LogP contribution < -0.4 is 10.6 Å². The van der Waals surface area contributed by atoms with Crippen molar-refractivity contribution in [2.75, 3.05) is 11.9 Å². The smallest absolute Gasteiger partial charge is 0.305 e. The molecule has 0 fully saturated rings. The van der Waals surface area contributed by atoms with E-state index in [1.807, 2.05) is 6.07 Å². The second-order valence-electron chi connectivity index (χ2n) is 5.12. The third-order valence-electron chi connectivity index (χ3n) is 3.28. The van der Waals surface area contributed by atoms with Gasteiger partial charge in [0.15, 0.2) is 0 Å². The van der Waals surface area contributed by atoms with Crippen molar-refractivity contribution in [1.82, 2.24) is 5.32 Å². The number of amides is 2. The molecule has 2 aromatic rings. The normalized spacial score (nSPS) is 9.72. The minimum atomic E-state index is -0.987. The lowest BCUT2D eigenvalue weighted by atomic mass is 10.1. The molecular formula is C18H15N3O4. The van der Waals surface area contributed by atoms with Gasteiger partial charge < -0.3 is 15.7 Å². The molecule has 0 saturated carbocycles. The van der Waals surface area contributed by atoms with Gasteiger partial charge in [-0.1, -0.05) is 6.07 Å². The molecule has 2 rings (SSSR count). The van der Waals surface area contributed by atoms with Crippen LogP contribution in [-0.2, 0) is 4.79 Å². The van der Waals surface area contributed by atoms with Crippen LogP contribution in [0.5, 0.6) is 0 Å². The number of anilines is 1. The van der Waals surface area contributed by atoms with E-state index in [1.54, 1.807) is 30.3 Å². The molecule has 0 radical (unpaired) electrons. The summed E-state index contributed by atoms with van der Waals surface area (Å²) in [5.41, 5.74) is 1.60. The molecular weight excluding hydrogens is 322 g/mol. The molecule has 25 heavy (non-hydrogen) atoms. The van der Waals surface area contributed by atoms with E-state index in [2.05, 4.69) is 10.6 Å². The molecule has 0 saturated heterocycles. The number of benzene rings is 2. The number of hydrogen-bond donors (Lipinski definition) is 3. The number of nitrogens with zero attached hydrogens (tertiary/aromatic N) is 1. The summed E-state index contributed by atoms with van der Waals surface area (Å²) < 4.78 is 0. The lowest BCUT2D eigenvalue weighted by Crippen LogP contribution is -2.25. The van der Waals surface area contributed by atoms with Crippen molar-refractivity contribution in [2.24, 2.45) is 0 Å². The number of hydrogen-bond acceptors (Lipinski definition) is 4. The number of nitriles is 1. The molecule has 7 heteroatoms. The largest absolute Gasteiger partial charge is 0.481 e. The Kier molecular flexibility index (Phi) is 5.85. The highest BCUT2D eigenvalue weighted by atomic mass is 16.4. The van der Waals surface area contributed by atoms with Gasteiger partial charge in [0.05, 0.1) is 18.1 Å². The molecule has 0 atom stereocenters. The summed E-state index contributed by atoms with van der Waals surface area (Å²) in [6, 6.07) is 14.5. The summed E-state index contributed by atoms with van der Waals surface area (Å²) >= 11 is 0. The van der Waals surface area contributed by atoms with Crippen LogP contribution in [-0.4, -0.2) is 29.4 Å². The number of carboxylic acid groups (broad SMARTS) is 1. The Morgan fingerprint density at radius 1 is 1.00 bits per heavy atom. The minimum Gasteiger partial charge on any atom is -0.481 e. The molecule has 2 aromatic carbocycles. The van der Waals surface area contributed by atoms with Crippen LogP contribution in [0, 0.1) is 11.3 Å². The van der Waals surface area contributed by atoms with Crippen molar-refractivity contribution in [3.05, 3.63) is 65.2 Å². The average molecular weight is 337 g/mol. The fourth-order valence-electron chi connectivity index (χ4n) is 2.02. The topological polar surface area (TPSA) is 119 Å². The SMILES string of the molecule is N#Cc1cccc(C(=O)Nc2ccc(C(=O)NCCC(=O)O)cc2)c1. The third kappa shape index (κ3) is 5.18. The molecule has 0 spiro atoms. The zero-order chi connectivity index (χ0) is 18.2. The molecule has 0 aromatic heterocycles.